The number of ether oxygens (including phenoxy) is 2. The first-order chi connectivity index (χ1) is 6.86. The van der Waals surface area contributed by atoms with Crippen LogP contribution < -0.4 is 4.74 Å². The molecule has 2 rings (SSSR count). The second-order valence-corrected chi connectivity index (χ2v) is 2.61. The maximum Gasteiger partial charge on any atom is 0.358 e. The fourth-order valence-electron chi connectivity index (χ4n) is 0.986. The minimum atomic E-state index is -0.678. The Kier molecular flexibility index (Phi) is 2.31. The van der Waals surface area contributed by atoms with Crippen molar-refractivity contribution in [2.24, 2.45) is 0 Å². The number of aromatic nitrogens is 2. The van der Waals surface area contributed by atoms with E-state index in [2.05, 4.69) is 10.2 Å². The summed E-state index contributed by atoms with van der Waals surface area (Å²) in [5, 5.41) is 6.16. The molecular formula is C9H8N2O3. The molecule has 2 heterocycles. The number of rotatable bonds is 2. The van der Waals surface area contributed by atoms with Crippen molar-refractivity contribution in [3.63, 3.8) is 0 Å². The Morgan fingerprint density at radius 2 is 2.50 bits per heavy atom. The highest BCUT2D eigenvalue weighted by molar-refractivity contribution is 5.79. The third-order valence-electron chi connectivity index (χ3n) is 1.62. The number of carbonyl (C=O) groups excluding carboxylic acids is 1. The zero-order valence-corrected chi connectivity index (χ0v) is 7.21. The van der Waals surface area contributed by atoms with Crippen LogP contribution >= 0.6 is 0 Å². The number of carbonyl (C=O) groups is 1. The SMILES string of the molecule is O=C(Oc1ccn[nH]1)C1C=CC=CO1. The lowest BCUT2D eigenvalue weighted by atomic mass is 10.3. The second kappa shape index (κ2) is 3.78. The molecule has 1 N–H and O–H groups in total. The van der Waals surface area contributed by atoms with E-state index in [9.17, 15) is 4.79 Å². The Balaban J connectivity index is 1.96. The molecule has 0 saturated carbocycles. The standard InChI is InChI=1S/C9H8N2O3/c12-9(7-3-1-2-6-13-7)14-8-4-5-10-11-8/h1-7H,(H,10,11). The molecular weight excluding hydrogens is 184 g/mol. The Morgan fingerprint density at radius 1 is 1.57 bits per heavy atom. The van der Waals surface area contributed by atoms with Crippen molar-refractivity contribution < 1.29 is 14.3 Å². The fraction of sp³-hybridized carbons (Fsp3) is 0.111. The summed E-state index contributed by atoms with van der Waals surface area (Å²) in [5.74, 6) is -0.170. The Labute approximate surface area is 80.0 Å². The normalized spacial score (nSPS) is 19.0. The quantitative estimate of drug-likeness (QED) is 0.703. The first-order valence-corrected chi connectivity index (χ1v) is 4.06. The molecule has 0 aromatic carbocycles. The third-order valence-corrected chi connectivity index (χ3v) is 1.62. The van der Waals surface area contributed by atoms with Crippen molar-refractivity contribution in [2.75, 3.05) is 0 Å². The largest absolute Gasteiger partial charge is 0.482 e. The monoisotopic (exact) mass is 192 g/mol. The molecule has 0 aliphatic carbocycles. The third kappa shape index (κ3) is 1.82. The number of allylic oxidation sites excluding steroid dienone is 2. The number of hydrogen-bond donors (Lipinski definition) is 1. The van der Waals surface area contributed by atoms with Crippen molar-refractivity contribution in [3.8, 4) is 5.88 Å². The summed E-state index contributed by atoms with van der Waals surface area (Å²) in [7, 11) is 0. The summed E-state index contributed by atoms with van der Waals surface area (Å²) >= 11 is 0. The first-order valence-electron chi connectivity index (χ1n) is 4.06. The van der Waals surface area contributed by atoms with E-state index in [1.165, 1.54) is 12.5 Å². The Hall–Kier alpha value is -2.04. The van der Waals surface area contributed by atoms with Crippen LogP contribution in [0.2, 0.25) is 0 Å². The summed E-state index contributed by atoms with van der Waals surface area (Å²) in [6.07, 6.45) is 7.29. The van der Waals surface area contributed by atoms with Gasteiger partial charge in [0.2, 0.25) is 12.0 Å². The fourth-order valence-corrected chi connectivity index (χ4v) is 0.986. The molecule has 72 valence electrons. The highest BCUT2D eigenvalue weighted by Gasteiger charge is 2.19. The number of nitrogens with zero attached hydrogens (tertiary/aromatic N) is 1. The van der Waals surface area contributed by atoms with Gasteiger partial charge in [-0.2, -0.15) is 5.10 Å². The van der Waals surface area contributed by atoms with Gasteiger partial charge in [-0.1, -0.05) is 6.08 Å². The van der Waals surface area contributed by atoms with E-state index in [4.69, 9.17) is 9.47 Å². The molecule has 1 atom stereocenters. The summed E-state index contributed by atoms with van der Waals surface area (Å²) in [6.45, 7) is 0. The van der Waals surface area contributed by atoms with Gasteiger partial charge in [0.25, 0.3) is 0 Å². The van der Waals surface area contributed by atoms with Crippen molar-refractivity contribution in [2.45, 2.75) is 6.10 Å². The molecule has 1 unspecified atom stereocenters. The molecule has 1 aromatic heterocycles. The molecule has 0 radical (unpaired) electrons. The van der Waals surface area contributed by atoms with Crippen LogP contribution in [0.4, 0.5) is 0 Å². The van der Waals surface area contributed by atoms with Gasteiger partial charge in [-0.3, -0.25) is 0 Å². The van der Waals surface area contributed by atoms with Crippen molar-refractivity contribution in [3.05, 3.63) is 36.8 Å². The van der Waals surface area contributed by atoms with E-state index < -0.39 is 12.1 Å². The van der Waals surface area contributed by atoms with Gasteiger partial charge in [0.15, 0.2) is 0 Å². The van der Waals surface area contributed by atoms with E-state index in [1.54, 1.807) is 24.3 Å². The van der Waals surface area contributed by atoms with E-state index in [0.29, 0.717) is 5.88 Å². The summed E-state index contributed by atoms with van der Waals surface area (Å²) < 4.78 is 9.94. The number of H-pyrrole nitrogens is 1. The van der Waals surface area contributed by atoms with E-state index in [-0.39, 0.29) is 0 Å². The Morgan fingerprint density at radius 3 is 3.14 bits per heavy atom. The predicted molar refractivity (Wildman–Crippen MR) is 47.4 cm³/mol. The van der Waals surface area contributed by atoms with Gasteiger partial charge in [0.1, 0.15) is 0 Å². The predicted octanol–water partition coefficient (Wildman–Crippen LogP) is 0.784. The molecule has 0 fully saturated rings. The summed E-state index contributed by atoms with van der Waals surface area (Å²) in [4.78, 5) is 11.4. The average molecular weight is 192 g/mol. The van der Waals surface area contributed by atoms with Crippen LogP contribution in [-0.2, 0) is 9.53 Å². The van der Waals surface area contributed by atoms with Crippen molar-refractivity contribution in [1.82, 2.24) is 10.2 Å². The number of nitrogens with one attached hydrogen (secondary N) is 1. The van der Waals surface area contributed by atoms with E-state index >= 15 is 0 Å². The number of hydrogen-bond acceptors (Lipinski definition) is 4. The first kappa shape index (κ1) is 8.55. The lowest BCUT2D eigenvalue weighted by molar-refractivity contribution is -0.141. The molecule has 1 aromatic rings. The van der Waals surface area contributed by atoms with Gasteiger partial charge in [0, 0.05) is 6.07 Å². The van der Waals surface area contributed by atoms with Crippen LogP contribution in [-0.4, -0.2) is 22.3 Å². The molecule has 0 amide bonds. The maximum absolute atomic E-state index is 11.4. The van der Waals surface area contributed by atoms with Gasteiger partial charge in [-0.25, -0.2) is 9.89 Å². The van der Waals surface area contributed by atoms with Gasteiger partial charge in [-0.15, -0.1) is 0 Å². The van der Waals surface area contributed by atoms with Crippen LogP contribution in [0.25, 0.3) is 0 Å². The topological polar surface area (TPSA) is 64.2 Å². The average Bonchev–Trinajstić information content (AvgIpc) is 2.72. The van der Waals surface area contributed by atoms with Gasteiger partial charge in [-0.05, 0) is 12.2 Å². The van der Waals surface area contributed by atoms with Crippen LogP contribution in [0, 0.1) is 0 Å². The maximum atomic E-state index is 11.4. The summed E-state index contributed by atoms with van der Waals surface area (Å²) in [5.41, 5.74) is 0. The second-order valence-electron chi connectivity index (χ2n) is 2.61. The Bertz CT molecular complexity index is 367. The molecule has 14 heavy (non-hydrogen) atoms. The smallest absolute Gasteiger partial charge is 0.358 e. The van der Waals surface area contributed by atoms with Gasteiger partial charge < -0.3 is 9.47 Å². The van der Waals surface area contributed by atoms with Crippen LogP contribution in [0.5, 0.6) is 5.88 Å². The zero-order valence-electron chi connectivity index (χ0n) is 7.21. The van der Waals surface area contributed by atoms with Crippen molar-refractivity contribution >= 4 is 5.97 Å². The molecule has 0 saturated heterocycles. The lowest BCUT2D eigenvalue weighted by Crippen LogP contribution is -2.26. The number of aromatic amines is 1. The summed E-state index contributed by atoms with van der Waals surface area (Å²) in [6, 6.07) is 1.56. The highest BCUT2D eigenvalue weighted by Crippen LogP contribution is 2.08. The van der Waals surface area contributed by atoms with E-state index in [0.717, 1.165) is 0 Å². The molecule has 5 heteroatoms. The molecule has 5 nitrogen and oxygen atoms in total. The minimum Gasteiger partial charge on any atom is -0.482 e. The lowest BCUT2D eigenvalue weighted by Gasteiger charge is -2.12. The van der Waals surface area contributed by atoms with E-state index in [1.807, 2.05) is 0 Å². The van der Waals surface area contributed by atoms with Gasteiger partial charge >= 0.3 is 5.97 Å². The van der Waals surface area contributed by atoms with Crippen molar-refractivity contribution in [1.29, 1.82) is 0 Å². The zero-order chi connectivity index (χ0) is 9.80. The van der Waals surface area contributed by atoms with Crippen LogP contribution in [0.3, 0.4) is 0 Å². The minimum absolute atomic E-state index is 0.307. The van der Waals surface area contributed by atoms with Gasteiger partial charge in [0.05, 0.1) is 12.5 Å². The molecule has 1 aliphatic heterocycles. The number of esters is 1. The highest BCUT2D eigenvalue weighted by atomic mass is 16.6. The van der Waals surface area contributed by atoms with Crippen LogP contribution in [0.1, 0.15) is 0 Å². The van der Waals surface area contributed by atoms with Crippen LogP contribution in [0.15, 0.2) is 36.8 Å². The molecule has 0 bridgehead atoms. The molecule has 0 spiro atoms. The molecule has 1 aliphatic rings.